The zero-order valence-corrected chi connectivity index (χ0v) is 16.0. The Labute approximate surface area is 150 Å². The lowest BCUT2D eigenvalue weighted by Gasteiger charge is -2.31. The minimum absolute atomic E-state index is 0.00160. The van der Waals surface area contributed by atoms with E-state index in [-0.39, 0.29) is 17.9 Å². The first kappa shape index (κ1) is 19.9. The number of ether oxygens (including phenoxy) is 1. The Hall–Kier alpha value is -1.44. The number of nitrogens with one attached hydrogen (secondary N) is 1. The highest BCUT2D eigenvalue weighted by Crippen LogP contribution is 2.21. The molecule has 0 saturated carbocycles. The van der Waals surface area contributed by atoms with Crippen molar-refractivity contribution < 1.29 is 17.9 Å². The van der Waals surface area contributed by atoms with Gasteiger partial charge in [-0.25, -0.2) is 13.1 Å². The van der Waals surface area contributed by atoms with Gasteiger partial charge < -0.3 is 9.64 Å². The maximum Gasteiger partial charge on any atom is 0.254 e. The molecule has 1 heterocycles. The number of sulfonamides is 1. The van der Waals surface area contributed by atoms with Gasteiger partial charge in [-0.15, -0.1) is 0 Å². The molecule has 1 fully saturated rings. The maximum atomic E-state index is 12.9. The van der Waals surface area contributed by atoms with Crippen molar-refractivity contribution in [3.05, 3.63) is 35.4 Å². The van der Waals surface area contributed by atoms with E-state index in [9.17, 15) is 13.2 Å². The SMILES string of the molecule is CCc1ccc(C(=O)N2CCOC[C@H](CCNS(C)(=O)=O)[C@H]2C)cc1. The molecular formula is C18H28N2O4S. The summed E-state index contributed by atoms with van der Waals surface area (Å²) in [6, 6.07) is 7.71. The molecule has 0 aliphatic carbocycles. The van der Waals surface area contributed by atoms with Crippen molar-refractivity contribution in [3.63, 3.8) is 0 Å². The molecule has 25 heavy (non-hydrogen) atoms. The Morgan fingerprint density at radius 2 is 2.00 bits per heavy atom. The molecule has 0 bridgehead atoms. The topological polar surface area (TPSA) is 75.7 Å². The van der Waals surface area contributed by atoms with E-state index in [0.29, 0.717) is 38.3 Å². The van der Waals surface area contributed by atoms with Crippen LogP contribution < -0.4 is 4.72 Å². The van der Waals surface area contributed by atoms with Crippen LogP contribution >= 0.6 is 0 Å². The van der Waals surface area contributed by atoms with Crippen LogP contribution in [0, 0.1) is 5.92 Å². The third kappa shape index (κ3) is 5.80. The molecular weight excluding hydrogens is 340 g/mol. The zero-order valence-electron chi connectivity index (χ0n) is 15.2. The number of benzene rings is 1. The van der Waals surface area contributed by atoms with Crippen molar-refractivity contribution in [1.29, 1.82) is 0 Å². The highest BCUT2D eigenvalue weighted by molar-refractivity contribution is 7.88. The van der Waals surface area contributed by atoms with E-state index in [2.05, 4.69) is 11.6 Å². The predicted octanol–water partition coefficient (Wildman–Crippen LogP) is 1.67. The Morgan fingerprint density at radius 3 is 2.60 bits per heavy atom. The van der Waals surface area contributed by atoms with Gasteiger partial charge in [-0.2, -0.15) is 0 Å². The van der Waals surface area contributed by atoms with Gasteiger partial charge in [-0.05, 0) is 37.5 Å². The van der Waals surface area contributed by atoms with Gasteiger partial charge in [0.2, 0.25) is 10.0 Å². The van der Waals surface area contributed by atoms with Crippen molar-refractivity contribution in [3.8, 4) is 0 Å². The highest BCUT2D eigenvalue weighted by Gasteiger charge is 2.30. The molecule has 1 aliphatic heterocycles. The number of hydrogen-bond acceptors (Lipinski definition) is 4. The minimum Gasteiger partial charge on any atom is -0.379 e. The number of nitrogens with zero attached hydrogens (tertiary/aromatic N) is 1. The van der Waals surface area contributed by atoms with E-state index >= 15 is 0 Å². The van der Waals surface area contributed by atoms with Crippen LogP contribution in [-0.4, -0.2) is 57.8 Å². The molecule has 1 N–H and O–H groups in total. The van der Waals surface area contributed by atoms with Crippen LogP contribution in [0.25, 0.3) is 0 Å². The summed E-state index contributed by atoms with van der Waals surface area (Å²) in [5.41, 5.74) is 1.88. The van der Waals surface area contributed by atoms with Crippen molar-refractivity contribution >= 4 is 15.9 Å². The second-order valence-corrected chi connectivity index (χ2v) is 8.41. The van der Waals surface area contributed by atoms with Crippen molar-refractivity contribution in [2.24, 2.45) is 5.92 Å². The maximum absolute atomic E-state index is 12.9. The molecule has 0 aromatic heterocycles. The lowest BCUT2D eigenvalue weighted by molar-refractivity contribution is 0.0658. The molecule has 1 saturated heterocycles. The molecule has 0 spiro atoms. The van der Waals surface area contributed by atoms with E-state index in [1.165, 1.54) is 5.56 Å². The molecule has 1 amide bonds. The van der Waals surface area contributed by atoms with Crippen molar-refractivity contribution in [1.82, 2.24) is 9.62 Å². The summed E-state index contributed by atoms with van der Waals surface area (Å²) >= 11 is 0. The Balaban J connectivity index is 2.06. The van der Waals surface area contributed by atoms with Gasteiger partial charge in [0.25, 0.3) is 5.91 Å². The van der Waals surface area contributed by atoms with Crippen molar-refractivity contribution in [2.75, 3.05) is 32.6 Å². The molecule has 2 atom stereocenters. The van der Waals surface area contributed by atoms with Crippen LogP contribution in [0.3, 0.4) is 0 Å². The molecule has 140 valence electrons. The monoisotopic (exact) mass is 368 g/mol. The van der Waals surface area contributed by atoms with Crippen LogP contribution in [-0.2, 0) is 21.2 Å². The van der Waals surface area contributed by atoms with Crippen LogP contribution in [0.1, 0.15) is 36.2 Å². The highest BCUT2D eigenvalue weighted by atomic mass is 32.2. The fraction of sp³-hybridized carbons (Fsp3) is 0.611. The lowest BCUT2D eigenvalue weighted by Crippen LogP contribution is -2.44. The lowest BCUT2D eigenvalue weighted by atomic mass is 9.96. The molecule has 1 aliphatic rings. The number of amides is 1. The summed E-state index contributed by atoms with van der Waals surface area (Å²) < 4.78 is 30.6. The molecule has 0 radical (unpaired) electrons. The third-order valence-electron chi connectivity index (χ3n) is 4.73. The van der Waals surface area contributed by atoms with Crippen LogP contribution in [0.2, 0.25) is 0 Å². The molecule has 6 nitrogen and oxygen atoms in total. The molecule has 7 heteroatoms. The Kier molecular flexibility index (Phi) is 6.98. The summed E-state index contributed by atoms with van der Waals surface area (Å²) in [4.78, 5) is 14.7. The first-order valence-electron chi connectivity index (χ1n) is 8.74. The summed E-state index contributed by atoms with van der Waals surface area (Å²) in [7, 11) is -3.20. The second kappa shape index (κ2) is 8.78. The number of hydrogen-bond donors (Lipinski definition) is 1. The summed E-state index contributed by atoms with van der Waals surface area (Å²) in [6.45, 7) is 6.03. The van der Waals surface area contributed by atoms with Crippen LogP contribution in [0.4, 0.5) is 0 Å². The van der Waals surface area contributed by atoms with Gasteiger partial charge in [0.15, 0.2) is 0 Å². The Bertz CT molecular complexity index is 673. The van der Waals surface area contributed by atoms with Gasteiger partial charge in [0.1, 0.15) is 0 Å². The van der Waals surface area contributed by atoms with Gasteiger partial charge in [-0.1, -0.05) is 19.1 Å². The molecule has 0 unspecified atom stereocenters. The first-order chi connectivity index (χ1) is 11.8. The predicted molar refractivity (Wildman–Crippen MR) is 98.1 cm³/mol. The average Bonchev–Trinajstić information content (AvgIpc) is 2.75. The fourth-order valence-corrected chi connectivity index (χ4v) is 3.57. The van der Waals surface area contributed by atoms with Crippen LogP contribution in [0.15, 0.2) is 24.3 Å². The smallest absolute Gasteiger partial charge is 0.254 e. The van der Waals surface area contributed by atoms with Gasteiger partial charge in [0.05, 0.1) is 19.5 Å². The van der Waals surface area contributed by atoms with Crippen LogP contribution in [0.5, 0.6) is 0 Å². The number of carbonyl (C=O) groups is 1. The van der Waals surface area contributed by atoms with E-state index in [0.717, 1.165) is 12.7 Å². The van der Waals surface area contributed by atoms with Gasteiger partial charge in [0, 0.05) is 30.6 Å². The number of rotatable bonds is 6. The fourth-order valence-electron chi connectivity index (χ4n) is 3.08. The standard InChI is InChI=1S/C18H28N2O4S/c1-4-15-5-7-16(8-6-15)18(21)20-11-12-24-13-17(14(20)2)9-10-19-25(3,22)23/h5-8,14,17,19H,4,9-13H2,1-3H3/t14-,17+/m1/s1. The number of aryl methyl sites for hydroxylation is 1. The van der Waals surface area contributed by atoms with E-state index in [1.54, 1.807) is 0 Å². The van der Waals surface area contributed by atoms with Gasteiger partial charge >= 0.3 is 0 Å². The summed E-state index contributed by atoms with van der Waals surface area (Å²) in [6.07, 6.45) is 2.72. The molecule has 1 aromatic rings. The van der Waals surface area contributed by atoms with E-state index in [4.69, 9.17) is 4.74 Å². The van der Waals surface area contributed by atoms with E-state index in [1.807, 2.05) is 36.1 Å². The molecule has 2 rings (SSSR count). The van der Waals surface area contributed by atoms with Crippen molar-refractivity contribution in [2.45, 2.75) is 32.7 Å². The zero-order chi connectivity index (χ0) is 18.4. The average molecular weight is 368 g/mol. The second-order valence-electron chi connectivity index (χ2n) is 6.58. The normalized spacial score (nSPS) is 21.8. The largest absolute Gasteiger partial charge is 0.379 e. The summed E-state index contributed by atoms with van der Waals surface area (Å²) in [5, 5.41) is 0. The molecule has 1 aromatic carbocycles. The van der Waals surface area contributed by atoms with E-state index < -0.39 is 10.0 Å². The van der Waals surface area contributed by atoms with Gasteiger partial charge in [-0.3, -0.25) is 4.79 Å². The minimum atomic E-state index is -3.20. The first-order valence-corrected chi connectivity index (χ1v) is 10.6. The quantitative estimate of drug-likeness (QED) is 0.829. The number of carbonyl (C=O) groups excluding carboxylic acids is 1. The third-order valence-corrected chi connectivity index (χ3v) is 5.46. The summed E-state index contributed by atoms with van der Waals surface area (Å²) in [5.74, 6) is 0.0948. The Morgan fingerprint density at radius 1 is 1.32 bits per heavy atom.